The highest BCUT2D eigenvalue weighted by atomic mass is 16.5. The number of nitrogens with zero attached hydrogens (tertiary/aromatic N) is 2. The van der Waals surface area contributed by atoms with E-state index >= 15 is 0 Å². The molecule has 20 heavy (non-hydrogen) atoms. The van der Waals surface area contributed by atoms with Gasteiger partial charge in [0.15, 0.2) is 5.82 Å². The van der Waals surface area contributed by atoms with Gasteiger partial charge in [0.05, 0.1) is 11.3 Å². The minimum absolute atomic E-state index is 0.0610. The van der Waals surface area contributed by atoms with Crippen LogP contribution in [-0.2, 0) is 11.8 Å². The van der Waals surface area contributed by atoms with Gasteiger partial charge in [0.1, 0.15) is 0 Å². The predicted molar refractivity (Wildman–Crippen MR) is 75.5 cm³/mol. The zero-order valence-corrected chi connectivity index (χ0v) is 11.5. The number of aromatic nitrogens is 2. The van der Waals surface area contributed by atoms with Gasteiger partial charge in [-0.05, 0) is 30.4 Å². The van der Waals surface area contributed by atoms with E-state index in [4.69, 9.17) is 15.2 Å². The number of fused-ring (bicyclic) bond motifs is 1. The van der Waals surface area contributed by atoms with Crippen molar-refractivity contribution < 1.29 is 4.52 Å². The minimum atomic E-state index is -0.0610. The van der Waals surface area contributed by atoms with Crippen molar-refractivity contribution in [3.63, 3.8) is 0 Å². The van der Waals surface area contributed by atoms with Crippen molar-refractivity contribution in [2.24, 2.45) is 5.73 Å². The molecular formula is C16H19N3O. The van der Waals surface area contributed by atoms with Gasteiger partial charge in [-0.25, -0.2) is 0 Å². The third-order valence-corrected chi connectivity index (χ3v) is 5.01. The van der Waals surface area contributed by atoms with Crippen LogP contribution >= 0.6 is 0 Å². The smallest absolute Gasteiger partial charge is 0.234 e. The Morgan fingerprint density at radius 1 is 1.25 bits per heavy atom. The average molecular weight is 269 g/mol. The molecule has 1 aromatic heterocycles. The van der Waals surface area contributed by atoms with Crippen LogP contribution in [0.15, 0.2) is 28.8 Å². The lowest BCUT2D eigenvalue weighted by molar-refractivity contribution is 0.282. The van der Waals surface area contributed by atoms with Crippen LogP contribution in [0.2, 0.25) is 0 Å². The molecule has 0 amide bonds. The molecule has 1 atom stereocenters. The van der Waals surface area contributed by atoms with E-state index in [9.17, 15) is 0 Å². The molecule has 0 aliphatic heterocycles. The molecule has 0 spiro atoms. The summed E-state index contributed by atoms with van der Waals surface area (Å²) in [6.45, 7) is 0.607. The Morgan fingerprint density at radius 2 is 2.05 bits per heavy atom. The van der Waals surface area contributed by atoms with Crippen LogP contribution in [0.1, 0.15) is 54.4 Å². The molecule has 2 aromatic rings. The Morgan fingerprint density at radius 3 is 2.80 bits per heavy atom. The van der Waals surface area contributed by atoms with Crippen molar-refractivity contribution in [1.29, 1.82) is 0 Å². The van der Waals surface area contributed by atoms with Gasteiger partial charge >= 0.3 is 0 Å². The van der Waals surface area contributed by atoms with Gasteiger partial charge in [0, 0.05) is 6.54 Å². The van der Waals surface area contributed by atoms with E-state index < -0.39 is 0 Å². The Hall–Kier alpha value is -1.68. The fourth-order valence-electron chi connectivity index (χ4n) is 3.64. The maximum Gasteiger partial charge on any atom is 0.234 e. The van der Waals surface area contributed by atoms with Gasteiger partial charge < -0.3 is 10.3 Å². The molecule has 0 saturated heterocycles. The molecule has 1 aromatic carbocycles. The summed E-state index contributed by atoms with van der Waals surface area (Å²) in [6, 6.07) is 8.49. The largest absolute Gasteiger partial charge is 0.339 e. The Bertz CT molecular complexity index is 628. The molecule has 2 N–H and O–H groups in total. The van der Waals surface area contributed by atoms with Crippen LogP contribution in [0.25, 0.3) is 0 Å². The third-order valence-electron chi connectivity index (χ3n) is 5.01. The van der Waals surface area contributed by atoms with Crippen LogP contribution in [0, 0.1) is 0 Å². The quantitative estimate of drug-likeness (QED) is 0.930. The average Bonchev–Trinajstić information content (AvgIpc) is 3.09. The predicted octanol–water partition coefficient (Wildman–Crippen LogP) is 2.53. The Balaban J connectivity index is 1.64. The minimum Gasteiger partial charge on any atom is -0.339 e. The summed E-state index contributed by atoms with van der Waals surface area (Å²) in [7, 11) is 0. The van der Waals surface area contributed by atoms with Gasteiger partial charge in [-0.15, -0.1) is 0 Å². The van der Waals surface area contributed by atoms with Crippen molar-refractivity contribution in [2.75, 3.05) is 6.54 Å². The first-order valence-electron chi connectivity index (χ1n) is 7.44. The first kappa shape index (κ1) is 12.1. The number of hydrogen-bond donors (Lipinski definition) is 1. The molecule has 2 aliphatic rings. The van der Waals surface area contributed by atoms with Crippen molar-refractivity contribution in [2.45, 2.75) is 43.4 Å². The van der Waals surface area contributed by atoms with Gasteiger partial charge in [-0.1, -0.05) is 42.3 Å². The van der Waals surface area contributed by atoms with Crippen molar-refractivity contribution >= 4 is 0 Å². The zero-order valence-electron chi connectivity index (χ0n) is 11.5. The molecule has 0 radical (unpaired) electrons. The fraction of sp³-hybridized carbons (Fsp3) is 0.500. The Kier molecular flexibility index (Phi) is 2.67. The third kappa shape index (κ3) is 1.64. The maximum absolute atomic E-state index is 5.98. The van der Waals surface area contributed by atoms with Crippen molar-refractivity contribution in [1.82, 2.24) is 10.1 Å². The number of nitrogens with two attached hydrogens (primary N) is 1. The SMILES string of the molecule is NCC1(c2nc(C3Cc4ccccc43)no2)CCCC1. The second kappa shape index (κ2) is 4.42. The van der Waals surface area contributed by atoms with E-state index in [1.165, 1.54) is 24.0 Å². The second-order valence-electron chi connectivity index (χ2n) is 6.10. The van der Waals surface area contributed by atoms with E-state index in [-0.39, 0.29) is 5.41 Å². The molecule has 4 rings (SSSR count). The van der Waals surface area contributed by atoms with Crippen LogP contribution < -0.4 is 5.73 Å². The number of hydrogen-bond acceptors (Lipinski definition) is 4. The zero-order chi connectivity index (χ0) is 13.6. The van der Waals surface area contributed by atoms with Crippen molar-refractivity contribution in [3.05, 3.63) is 47.1 Å². The molecule has 2 aliphatic carbocycles. The van der Waals surface area contributed by atoms with Gasteiger partial charge in [0.2, 0.25) is 5.89 Å². The normalized spacial score (nSPS) is 23.4. The van der Waals surface area contributed by atoms with Crippen molar-refractivity contribution in [3.8, 4) is 0 Å². The highest BCUT2D eigenvalue weighted by Crippen LogP contribution is 2.42. The molecule has 104 valence electrons. The highest BCUT2D eigenvalue weighted by molar-refractivity contribution is 5.43. The van der Waals surface area contributed by atoms with Gasteiger partial charge in [-0.3, -0.25) is 0 Å². The molecule has 4 nitrogen and oxygen atoms in total. The summed E-state index contributed by atoms with van der Waals surface area (Å²) in [4.78, 5) is 4.70. The molecular weight excluding hydrogens is 250 g/mol. The summed E-state index contributed by atoms with van der Waals surface area (Å²) in [5, 5.41) is 4.23. The van der Waals surface area contributed by atoms with E-state index in [1.807, 2.05) is 0 Å². The summed E-state index contributed by atoms with van der Waals surface area (Å²) in [5.74, 6) is 1.90. The van der Waals surface area contributed by atoms with Crippen LogP contribution in [-0.4, -0.2) is 16.7 Å². The van der Waals surface area contributed by atoms with Crippen LogP contribution in [0.4, 0.5) is 0 Å². The monoisotopic (exact) mass is 269 g/mol. The van der Waals surface area contributed by atoms with Crippen LogP contribution in [0.5, 0.6) is 0 Å². The Labute approximate surface area is 118 Å². The molecule has 1 unspecified atom stereocenters. The maximum atomic E-state index is 5.98. The standard InChI is InChI=1S/C16H19N3O/c17-10-16(7-3-4-8-16)15-18-14(19-20-15)13-9-11-5-1-2-6-12(11)13/h1-2,5-6,13H,3-4,7-10,17H2. The second-order valence-corrected chi connectivity index (χ2v) is 6.10. The summed E-state index contributed by atoms with van der Waals surface area (Å²) in [5.41, 5.74) is 8.66. The lowest BCUT2D eigenvalue weighted by Crippen LogP contribution is -2.32. The topological polar surface area (TPSA) is 64.9 Å². The van der Waals surface area contributed by atoms with E-state index in [0.29, 0.717) is 12.5 Å². The summed E-state index contributed by atoms with van der Waals surface area (Å²) >= 11 is 0. The number of rotatable bonds is 3. The van der Waals surface area contributed by atoms with E-state index in [0.717, 1.165) is 31.0 Å². The molecule has 1 fully saturated rings. The fourth-order valence-corrected chi connectivity index (χ4v) is 3.64. The van der Waals surface area contributed by atoms with E-state index in [2.05, 4.69) is 29.4 Å². The summed E-state index contributed by atoms with van der Waals surface area (Å²) in [6.07, 6.45) is 5.59. The molecule has 1 heterocycles. The van der Waals surface area contributed by atoms with Crippen LogP contribution in [0.3, 0.4) is 0 Å². The molecule has 1 saturated carbocycles. The summed E-state index contributed by atoms with van der Waals surface area (Å²) < 4.78 is 5.57. The first-order chi connectivity index (χ1) is 9.82. The first-order valence-corrected chi connectivity index (χ1v) is 7.44. The van der Waals surface area contributed by atoms with Gasteiger partial charge in [0.25, 0.3) is 0 Å². The lowest BCUT2D eigenvalue weighted by atomic mass is 9.77. The highest BCUT2D eigenvalue weighted by Gasteiger charge is 2.41. The van der Waals surface area contributed by atoms with E-state index in [1.54, 1.807) is 0 Å². The number of benzene rings is 1. The lowest BCUT2D eigenvalue weighted by Gasteiger charge is -2.27. The molecule has 0 bridgehead atoms. The molecule has 4 heteroatoms. The van der Waals surface area contributed by atoms with Gasteiger partial charge in [-0.2, -0.15) is 4.98 Å².